The maximum atomic E-state index is 13.6. The van der Waals surface area contributed by atoms with E-state index in [2.05, 4.69) is 10.2 Å². The Morgan fingerprint density at radius 1 is 1.14 bits per heavy atom. The van der Waals surface area contributed by atoms with Crippen molar-refractivity contribution in [3.63, 3.8) is 0 Å². The third kappa shape index (κ3) is 4.86. The molecule has 28 heavy (non-hydrogen) atoms. The van der Waals surface area contributed by atoms with Crippen LogP contribution in [-0.4, -0.2) is 44.3 Å². The van der Waals surface area contributed by atoms with Gasteiger partial charge in [0.15, 0.2) is 6.10 Å². The Kier molecular flexibility index (Phi) is 6.26. The van der Waals surface area contributed by atoms with Crippen LogP contribution in [0.25, 0.3) is 0 Å². The molecule has 0 aromatic heterocycles. The van der Waals surface area contributed by atoms with Crippen molar-refractivity contribution in [2.24, 2.45) is 0 Å². The lowest BCUT2D eigenvalue weighted by Gasteiger charge is -2.28. The van der Waals surface area contributed by atoms with Gasteiger partial charge in [0.1, 0.15) is 5.82 Å². The first-order valence-electron chi connectivity index (χ1n) is 9.15. The number of ether oxygens (including phenoxy) is 2. The van der Waals surface area contributed by atoms with Gasteiger partial charge < -0.3 is 19.7 Å². The van der Waals surface area contributed by atoms with Gasteiger partial charge in [0.05, 0.1) is 18.8 Å². The number of halogens is 1. The highest BCUT2D eigenvalue weighted by molar-refractivity contribution is 5.97. The Morgan fingerprint density at radius 2 is 1.82 bits per heavy atom. The standard InChI is InChI=1S/C21H23FN2O4/c1-14-3-4-16(13-19(14)22)21(26)28-15(2)20(25)23-17-5-7-18(8-6-17)24-9-11-27-12-10-24/h3-8,13,15H,9-12H2,1-2H3,(H,23,25)/t15-/m1/s1. The molecular formula is C21H23FN2O4. The van der Waals surface area contributed by atoms with Crippen LogP contribution >= 0.6 is 0 Å². The van der Waals surface area contributed by atoms with E-state index in [0.717, 1.165) is 24.8 Å². The number of benzene rings is 2. The molecule has 0 saturated carbocycles. The summed E-state index contributed by atoms with van der Waals surface area (Å²) in [6, 6.07) is 11.5. The van der Waals surface area contributed by atoms with Gasteiger partial charge in [-0.05, 0) is 55.8 Å². The normalized spacial score (nSPS) is 15.0. The van der Waals surface area contributed by atoms with Gasteiger partial charge in [0.25, 0.3) is 5.91 Å². The molecule has 1 saturated heterocycles. The molecule has 0 unspecified atom stereocenters. The summed E-state index contributed by atoms with van der Waals surface area (Å²) < 4.78 is 24.1. The highest BCUT2D eigenvalue weighted by atomic mass is 19.1. The molecule has 1 heterocycles. The quantitative estimate of drug-likeness (QED) is 0.800. The average molecular weight is 386 g/mol. The van der Waals surface area contributed by atoms with Crippen LogP contribution < -0.4 is 10.2 Å². The fourth-order valence-corrected chi connectivity index (χ4v) is 2.82. The molecule has 7 heteroatoms. The third-order valence-corrected chi connectivity index (χ3v) is 4.57. The fourth-order valence-electron chi connectivity index (χ4n) is 2.82. The molecule has 0 bridgehead atoms. The van der Waals surface area contributed by atoms with Crippen molar-refractivity contribution in [3.05, 3.63) is 59.4 Å². The zero-order valence-corrected chi connectivity index (χ0v) is 15.9. The van der Waals surface area contributed by atoms with Crippen LogP contribution in [0.3, 0.4) is 0 Å². The van der Waals surface area contributed by atoms with Gasteiger partial charge in [-0.15, -0.1) is 0 Å². The number of carbonyl (C=O) groups is 2. The average Bonchev–Trinajstić information content (AvgIpc) is 2.71. The third-order valence-electron chi connectivity index (χ3n) is 4.57. The van der Waals surface area contributed by atoms with E-state index >= 15 is 0 Å². The Labute approximate surface area is 163 Å². The van der Waals surface area contributed by atoms with Gasteiger partial charge in [-0.1, -0.05) is 6.07 Å². The molecule has 6 nitrogen and oxygen atoms in total. The van der Waals surface area contributed by atoms with Crippen molar-refractivity contribution < 1.29 is 23.5 Å². The van der Waals surface area contributed by atoms with Crippen molar-refractivity contribution in [1.82, 2.24) is 0 Å². The van der Waals surface area contributed by atoms with Crippen LogP contribution in [0, 0.1) is 12.7 Å². The molecule has 0 spiro atoms. The predicted molar refractivity (Wildman–Crippen MR) is 104 cm³/mol. The fraction of sp³-hybridized carbons (Fsp3) is 0.333. The summed E-state index contributed by atoms with van der Waals surface area (Å²) in [5, 5.41) is 2.72. The number of hydrogen-bond acceptors (Lipinski definition) is 5. The zero-order chi connectivity index (χ0) is 20.1. The summed E-state index contributed by atoms with van der Waals surface area (Å²) in [6.45, 7) is 6.14. The van der Waals surface area contributed by atoms with Gasteiger partial charge in [0.2, 0.25) is 0 Å². The van der Waals surface area contributed by atoms with Crippen molar-refractivity contribution in [3.8, 4) is 0 Å². The molecule has 0 aliphatic carbocycles. The highest BCUT2D eigenvalue weighted by Crippen LogP contribution is 2.19. The van der Waals surface area contributed by atoms with Crippen molar-refractivity contribution >= 4 is 23.3 Å². The second-order valence-corrected chi connectivity index (χ2v) is 6.65. The molecule has 1 amide bonds. The predicted octanol–water partition coefficient (Wildman–Crippen LogP) is 3.15. The first-order valence-corrected chi connectivity index (χ1v) is 9.15. The van der Waals surface area contributed by atoms with E-state index in [9.17, 15) is 14.0 Å². The van der Waals surface area contributed by atoms with Crippen molar-refractivity contribution in [2.75, 3.05) is 36.5 Å². The van der Waals surface area contributed by atoms with Gasteiger partial charge in [-0.2, -0.15) is 0 Å². The van der Waals surface area contributed by atoms with E-state index in [1.165, 1.54) is 19.1 Å². The molecule has 1 fully saturated rings. The van der Waals surface area contributed by atoms with Crippen LogP contribution in [0.1, 0.15) is 22.8 Å². The monoisotopic (exact) mass is 386 g/mol. The Bertz CT molecular complexity index is 848. The number of aryl methyl sites for hydroxylation is 1. The first-order chi connectivity index (χ1) is 13.4. The van der Waals surface area contributed by atoms with Gasteiger partial charge in [0, 0.05) is 24.5 Å². The molecule has 0 radical (unpaired) electrons. The summed E-state index contributed by atoms with van der Waals surface area (Å²) in [5.41, 5.74) is 2.16. The molecule has 2 aromatic carbocycles. The number of amides is 1. The number of anilines is 2. The minimum absolute atomic E-state index is 0.0672. The number of carbonyl (C=O) groups excluding carboxylic acids is 2. The minimum Gasteiger partial charge on any atom is -0.449 e. The Hall–Kier alpha value is -2.93. The van der Waals surface area contributed by atoms with Crippen LogP contribution in [0.15, 0.2) is 42.5 Å². The zero-order valence-electron chi connectivity index (χ0n) is 15.9. The van der Waals surface area contributed by atoms with Crippen molar-refractivity contribution in [1.29, 1.82) is 0 Å². The topological polar surface area (TPSA) is 67.9 Å². The molecule has 2 aromatic rings. The summed E-state index contributed by atoms with van der Waals surface area (Å²) >= 11 is 0. The lowest BCUT2D eigenvalue weighted by atomic mass is 10.1. The van der Waals surface area contributed by atoms with Gasteiger partial charge in [-0.3, -0.25) is 4.79 Å². The smallest absolute Gasteiger partial charge is 0.339 e. The second-order valence-electron chi connectivity index (χ2n) is 6.65. The van der Waals surface area contributed by atoms with E-state index < -0.39 is 23.8 Å². The number of rotatable bonds is 5. The van der Waals surface area contributed by atoms with Crippen LogP contribution in [0.2, 0.25) is 0 Å². The van der Waals surface area contributed by atoms with Crippen LogP contribution in [0.5, 0.6) is 0 Å². The summed E-state index contributed by atoms with van der Waals surface area (Å²) in [6.07, 6.45) is -1.02. The van der Waals surface area contributed by atoms with E-state index in [1.54, 1.807) is 19.1 Å². The number of nitrogens with one attached hydrogen (secondary N) is 1. The maximum absolute atomic E-state index is 13.6. The minimum atomic E-state index is -1.02. The molecule has 1 aliphatic rings. The van der Waals surface area contributed by atoms with E-state index in [1.807, 2.05) is 12.1 Å². The lowest BCUT2D eigenvalue weighted by Crippen LogP contribution is -2.36. The van der Waals surface area contributed by atoms with Crippen LogP contribution in [-0.2, 0) is 14.3 Å². The van der Waals surface area contributed by atoms with E-state index in [4.69, 9.17) is 9.47 Å². The number of nitrogens with zero attached hydrogens (tertiary/aromatic N) is 1. The highest BCUT2D eigenvalue weighted by Gasteiger charge is 2.20. The number of morpholine rings is 1. The molecule has 1 atom stereocenters. The van der Waals surface area contributed by atoms with Crippen molar-refractivity contribution in [2.45, 2.75) is 20.0 Å². The van der Waals surface area contributed by atoms with Gasteiger partial charge >= 0.3 is 5.97 Å². The molecule has 1 aliphatic heterocycles. The molecule has 3 rings (SSSR count). The van der Waals surface area contributed by atoms with E-state index in [-0.39, 0.29) is 5.56 Å². The SMILES string of the molecule is Cc1ccc(C(=O)O[C@H](C)C(=O)Nc2ccc(N3CCOCC3)cc2)cc1F. The maximum Gasteiger partial charge on any atom is 0.339 e. The lowest BCUT2D eigenvalue weighted by molar-refractivity contribution is -0.123. The largest absolute Gasteiger partial charge is 0.449 e. The molecule has 1 N–H and O–H groups in total. The van der Waals surface area contributed by atoms with E-state index in [0.29, 0.717) is 24.5 Å². The summed E-state index contributed by atoms with van der Waals surface area (Å²) in [7, 11) is 0. The first kappa shape index (κ1) is 19.8. The number of hydrogen-bond donors (Lipinski definition) is 1. The summed E-state index contributed by atoms with van der Waals surface area (Å²) in [5.74, 6) is -1.70. The summed E-state index contributed by atoms with van der Waals surface area (Å²) in [4.78, 5) is 26.6. The Morgan fingerprint density at radius 3 is 2.46 bits per heavy atom. The Balaban J connectivity index is 1.56. The number of esters is 1. The van der Waals surface area contributed by atoms with Crippen LogP contribution in [0.4, 0.5) is 15.8 Å². The molecular weight excluding hydrogens is 363 g/mol. The second kappa shape index (κ2) is 8.84. The molecule has 148 valence electrons. The van der Waals surface area contributed by atoms with Gasteiger partial charge in [-0.25, -0.2) is 9.18 Å².